The third-order valence-electron chi connectivity index (χ3n) is 4.47. The zero-order valence-electron chi connectivity index (χ0n) is 14.8. The van der Waals surface area contributed by atoms with E-state index in [4.69, 9.17) is 5.26 Å². The standard InChI is InChI=1S/C23H15N3O2/c24-14-15-10-12-17(13-11-15)25-23(28)22(27)20-18-8-4-5-9-19(18)26-21(20)16-6-2-1-3-7-16/h1-13,26H,(H,25,28). The first-order valence-corrected chi connectivity index (χ1v) is 8.69. The Morgan fingerprint density at radius 1 is 0.857 bits per heavy atom. The average Bonchev–Trinajstić information content (AvgIpc) is 3.14. The number of hydrogen-bond donors (Lipinski definition) is 2. The van der Waals surface area contributed by atoms with E-state index in [9.17, 15) is 9.59 Å². The molecule has 5 heteroatoms. The molecule has 0 aliphatic carbocycles. The minimum absolute atomic E-state index is 0.341. The highest BCUT2D eigenvalue weighted by Gasteiger charge is 2.25. The Morgan fingerprint density at radius 3 is 2.25 bits per heavy atom. The molecule has 3 aromatic carbocycles. The smallest absolute Gasteiger partial charge is 0.296 e. The lowest BCUT2D eigenvalue weighted by Crippen LogP contribution is -2.23. The van der Waals surface area contributed by atoms with E-state index in [1.807, 2.05) is 60.7 Å². The Hall–Kier alpha value is -4.17. The maximum Gasteiger partial charge on any atom is 0.296 e. The van der Waals surface area contributed by atoms with E-state index in [0.717, 1.165) is 11.1 Å². The molecule has 0 radical (unpaired) electrons. The van der Waals surface area contributed by atoms with Crippen molar-refractivity contribution in [1.82, 2.24) is 4.98 Å². The van der Waals surface area contributed by atoms with Crippen molar-refractivity contribution < 1.29 is 9.59 Å². The lowest BCUT2D eigenvalue weighted by Gasteiger charge is -2.06. The van der Waals surface area contributed by atoms with E-state index >= 15 is 0 Å². The van der Waals surface area contributed by atoms with Gasteiger partial charge in [-0.25, -0.2) is 0 Å². The van der Waals surface area contributed by atoms with Gasteiger partial charge in [0.15, 0.2) is 0 Å². The summed E-state index contributed by atoms with van der Waals surface area (Å²) in [4.78, 5) is 29.0. The number of carbonyl (C=O) groups is 2. The number of amides is 1. The summed E-state index contributed by atoms with van der Waals surface area (Å²) in [6.07, 6.45) is 0. The Morgan fingerprint density at radius 2 is 1.54 bits per heavy atom. The number of aromatic amines is 1. The highest BCUT2D eigenvalue weighted by atomic mass is 16.2. The van der Waals surface area contributed by atoms with Gasteiger partial charge in [0.2, 0.25) is 0 Å². The molecule has 5 nitrogen and oxygen atoms in total. The molecule has 134 valence electrons. The number of benzene rings is 3. The summed E-state index contributed by atoms with van der Waals surface area (Å²) in [5, 5.41) is 12.2. The second kappa shape index (κ2) is 7.22. The van der Waals surface area contributed by atoms with Crippen molar-refractivity contribution in [2.45, 2.75) is 0 Å². The van der Waals surface area contributed by atoms with Crippen LogP contribution in [0.1, 0.15) is 15.9 Å². The predicted octanol–water partition coefficient (Wildman–Crippen LogP) is 4.53. The van der Waals surface area contributed by atoms with Crippen molar-refractivity contribution in [2.24, 2.45) is 0 Å². The summed E-state index contributed by atoms with van der Waals surface area (Å²) >= 11 is 0. The van der Waals surface area contributed by atoms with Crippen LogP contribution in [-0.4, -0.2) is 16.7 Å². The Bertz CT molecular complexity index is 1220. The van der Waals surface area contributed by atoms with Gasteiger partial charge in [-0.1, -0.05) is 48.5 Å². The van der Waals surface area contributed by atoms with Gasteiger partial charge in [0.25, 0.3) is 11.7 Å². The number of carbonyl (C=O) groups excluding carboxylic acids is 2. The predicted molar refractivity (Wildman–Crippen MR) is 108 cm³/mol. The Kier molecular flexibility index (Phi) is 4.45. The number of anilines is 1. The monoisotopic (exact) mass is 365 g/mol. The number of nitrogens with one attached hydrogen (secondary N) is 2. The van der Waals surface area contributed by atoms with Crippen LogP contribution in [0.4, 0.5) is 5.69 Å². The quantitative estimate of drug-likeness (QED) is 0.412. The molecule has 0 unspecified atom stereocenters. The molecule has 0 aliphatic heterocycles. The van der Waals surface area contributed by atoms with E-state index in [-0.39, 0.29) is 0 Å². The van der Waals surface area contributed by atoms with Crippen LogP contribution >= 0.6 is 0 Å². The number of aromatic nitrogens is 1. The van der Waals surface area contributed by atoms with Crippen molar-refractivity contribution in [3.05, 3.63) is 90.0 Å². The Balaban J connectivity index is 1.73. The zero-order valence-corrected chi connectivity index (χ0v) is 14.8. The van der Waals surface area contributed by atoms with Gasteiger partial charge in [-0.15, -0.1) is 0 Å². The molecule has 1 aromatic heterocycles. The van der Waals surface area contributed by atoms with Crippen LogP contribution in [0.3, 0.4) is 0 Å². The second-order valence-electron chi connectivity index (χ2n) is 6.26. The first kappa shape index (κ1) is 17.3. The summed E-state index contributed by atoms with van der Waals surface area (Å²) < 4.78 is 0. The molecule has 28 heavy (non-hydrogen) atoms. The third kappa shape index (κ3) is 3.15. The molecule has 0 atom stereocenters. The van der Waals surface area contributed by atoms with Gasteiger partial charge >= 0.3 is 0 Å². The number of fused-ring (bicyclic) bond motifs is 1. The lowest BCUT2D eigenvalue weighted by molar-refractivity contribution is -0.112. The molecule has 0 spiro atoms. The van der Waals surface area contributed by atoms with Gasteiger partial charge in [-0.2, -0.15) is 5.26 Å². The van der Waals surface area contributed by atoms with E-state index in [1.54, 1.807) is 24.3 Å². The molecule has 0 saturated heterocycles. The maximum atomic E-state index is 13.1. The van der Waals surface area contributed by atoms with Crippen molar-refractivity contribution >= 4 is 28.3 Å². The van der Waals surface area contributed by atoms with Crippen LogP contribution in [0.2, 0.25) is 0 Å². The molecular formula is C23H15N3O2. The van der Waals surface area contributed by atoms with Crippen molar-refractivity contribution in [1.29, 1.82) is 5.26 Å². The fourth-order valence-electron chi connectivity index (χ4n) is 3.13. The van der Waals surface area contributed by atoms with Crippen LogP contribution in [0.15, 0.2) is 78.9 Å². The molecule has 4 aromatic rings. The first-order chi connectivity index (χ1) is 13.7. The molecule has 1 amide bonds. The maximum absolute atomic E-state index is 13.1. The minimum Gasteiger partial charge on any atom is -0.354 e. The zero-order chi connectivity index (χ0) is 19.5. The summed E-state index contributed by atoms with van der Waals surface area (Å²) in [5.74, 6) is -1.35. The van der Waals surface area contributed by atoms with E-state index in [0.29, 0.717) is 27.9 Å². The normalized spacial score (nSPS) is 10.4. The molecular weight excluding hydrogens is 350 g/mol. The highest BCUT2D eigenvalue weighted by Crippen LogP contribution is 2.31. The van der Waals surface area contributed by atoms with Crippen LogP contribution in [0.25, 0.3) is 22.2 Å². The molecule has 0 bridgehead atoms. The van der Waals surface area contributed by atoms with E-state index in [1.165, 1.54) is 0 Å². The van der Waals surface area contributed by atoms with Crippen molar-refractivity contribution in [3.63, 3.8) is 0 Å². The first-order valence-electron chi connectivity index (χ1n) is 8.69. The second-order valence-corrected chi connectivity index (χ2v) is 6.26. The molecule has 1 heterocycles. The number of hydrogen-bond acceptors (Lipinski definition) is 3. The van der Waals surface area contributed by atoms with Crippen molar-refractivity contribution in [2.75, 3.05) is 5.32 Å². The minimum atomic E-state index is -0.730. The van der Waals surface area contributed by atoms with Gasteiger partial charge in [-0.3, -0.25) is 9.59 Å². The molecule has 0 fully saturated rings. The van der Waals surface area contributed by atoms with Crippen LogP contribution < -0.4 is 5.32 Å². The number of Topliss-reactive ketones (excluding diaryl/α,β-unsaturated/α-hetero) is 1. The summed E-state index contributed by atoms with van der Waals surface area (Å²) in [7, 11) is 0. The molecule has 0 saturated carbocycles. The fourth-order valence-corrected chi connectivity index (χ4v) is 3.13. The number of para-hydroxylation sites is 1. The van der Waals surface area contributed by atoms with Gasteiger partial charge in [0.05, 0.1) is 22.9 Å². The summed E-state index contributed by atoms with van der Waals surface area (Å²) in [6, 6.07) is 25.2. The highest BCUT2D eigenvalue weighted by molar-refractivity contribution is 6.49. The largest absolute Gasteiger partial charge is 0.354 e. The van der Waals surface area contributed by atoms with Gasteiger partial charge in [0.1, 0.15) is 0 Å². The summed E-state index contributed by atoms with van der Waals surface area (Å²) in [5.41, 5.74) is 3.50. The fraction of sp³-hybridized carbons (Fsp3) is 0. The average molecular weight is 365 g/mol. The number of nitriles is 1. The number of ketones is 1. The van der Waals surface area contributed by atoms with Crippen LogP contribution in [0, 0.1) is 11.3 Å². The summed E-state index contributed by atoms with van der Waals surface area (Å²) in [6.45, 7) is 0. The van der Waals surface area contributed by atoms with Gasteiger partial charge in [0, 0.05) is 16.6 Å². The van der Waals surface area contributed by atoms with E-state index < -0.39 is 11.7 Å². The van der Waals surface area contributed by atoms with Crippen molar-refractivity contribution in [3.8, 4) is 17.3 Å². The van der Waals surface area contributed by atoms with Crippen LogP contribution in [0.5, 0.6) is 0 Å². The van der Waals surface area contributed by atoms with Gasteiger partial charge in [-0.05, 0) is 35.9 Å². The number of H-pyrrole nitrogens is 1. The molecule has 4 rings (SSSR count). The third-order valence-corrected chi connectivity index (χ3v) is 4.47. The van der Waals surface area contributed by atoms with E-state index in [2.05, 4.69) is 10.3 Å². The molecule has 2 N–H and O–H groups in total. The Labute approximate surface area is 161 Å². The number of nitrogens with zero attached hydrogens (tertiary/aromatic N) is 1. The number of rotatable bonds is 4. The van der Waals surface area contributed by atoms with Gasteiger partial charge < -0.3 is 10.3 Å². The van der Waals surface area contributed by atoms with Crippen LogP contribution in [-0.2, 0) is 4.79 Å². The lowest BCUT2D eigenvalue weighted by atomic mass is 10.0. The SMILES string of the molecule is N#Cc1ccc(NC(=O)C(=O)c2c(-c3ccccc3)[nH]c3ccccc23)cc1. The topological polar surface area (TPSA) is 85.8 Å². The molecule has 0 aliphatic rings.